The molecule has 0 spiro atoms. The third-order valence-electron chi connectivity index (χ3n) is 5.59. The summed E-state index contributed by atoms with van der Waals surface area (Å²) in [6.45, 7) is -0.0698. The predicted molar refractivity (Wildman–Crippen MR) is 126 cm³/mol. The van der Waals surface area contributed by atoms with Crippen molar-refractivity contribution in [2.75, 3.05) is 11.4 Å². The Morgan fingerprint density at radius 3 is 2.40 bits per heavy atom. The Hall–Kier alpha value is -2.40. The van der Waals surface area contributed by atoms with Gasteiger partial charge in [-0.05, 0) is 59.2 Å². The highest BCUT2D eigenvalue weighted by Crippen LogP contribution is 2.31. The Labute approximate surface area is 191 Å². The van der Waals surface area contributed by atoms with Gasteiger partial charge < -0.3 is 5.32 Å². The number of anilines is 1. The predicted octanol–water partition coefficient (Wildman–Crippen LogP) is 4.92. The van der Waals surface area contributed by atoms with E-state index in [4.69, 9.17) is 5.26 Å². The van der Waals surface area contributed by atoms with Crippen LogP contribution in [-0.4, -0.2) is 24.4 Å². The Morgan fingerprint density at radius 2 is 1.73 bits per heavy atom. The second kappa shape index (κ2) is 11.1. The van der Waals surface area contributed by atoms with E-state index in [0.29, 0.717) is 23.6 Å². The van der Waals surface area contributed by atoms with Crippen molar-refractivity contribution in [1.29, 1.82) is 5.26 Å². The van der Waals surface area contributed by atoms with E-state index in [9.17, 15) is 9.59 Å². The molecule has 1 atom stereocenters. The van der Waals surface area contributed by atoms with Crippen molar-refractivity contribution < 1.29 is 9.59 Å². The molecule has 0 aromatic heterocycles. The fraction of sp³-hybridized carbons (Fsp3) is 0.375. The van der Waals surface area contributed by atoms with Crippen LogP contribution in [0.3, 0.4) is 0 Å². The van der Waals surface area contributed by atoms with Crippen LogP contribution in [0.2, 0.25) is 0 Å². The monoisotopic (exact) mass is 515 g/mol. The van der Waals surface area contributed by atoms with E-state index >= 15 is 0 Å². The van der Waals surface area contributed by atoms with Gasteiger partial charge in [0.1, 0.15) is 12.6 Å². The standard InChI is InChI=1S/C24H26IN3O2/c25-21-14-8-7-13-20(21)24(30)28(19-11-5-2-6-12-19)22(23(29)27-16-15-26)17-18-9-3-1-4-10-18/h2,5-8,11-14,18,22H,1,3-4,9-10,16-17H2,(H,27,29)/t22-/m0/s1. The van der Waals surface area contributed by atoms with E-state index in [2.05, 4.69) is 27.9 Å². The molecule has 1 aliphatic rings. The van der Waals surface area contributed by atoms with Crippen LogP contribution < -0.4 is 10.2 Å². The number of hydrogen-bond acceptors (Lipinski definition) is 3. The van der Waals surface area contributed by atoms with Gasteiger partial charge in [-0.25, -0.2) is 0 Å². The lowest BCUT2D eigenvalue weighted by Crippen LogP contribution is -2.51. The largest absolute Gasteiger partial charge is 0.341 e. The van der Waals surface area contributed by atoms with Crippen LogP contribution in [0.4, 0.5) is 5.69 Å². The molecule has 2 aromatic rings. The summed E-state index contributed by atoms with van der Waals surface area (Å²) < 4.78 is 0.842. The highest BCUT2D eigenvalue weighted by atomic mass is 127. The fourth-order valence-electron chi connectivity index (χ4n) is 4.10. The summed E-state index contributed by atoms with van der Waals surface area (Å²) >= 11 is 2.16. The van der Waals surface area contributed by atoms with Crippen LogP contribution in [0.15, 0.2) is 54.6 Å². The van der Waals surface area contributed by atoms with Crippen molar-refractivity contribution in [2.45, 2.75) is 44.6 Å². The fourth-order valence-corrected chi connectivity index (χ4v) is 4.72. The van der Waals surface area contributed by atoms with E-state index in [1.54, 1.807) is 11.0 Å². The van der Waals surface area contributed by atoms with Crippen molar-refractivity contribution in [3.63, 3.8) is 0 Å². The van der Waals surface area contributed by atoms with Crippen molar-refractivity contribution >= 4 is 40.1 Å². The van der Waals surface area contributed by atoms with E-state index < -0.39 is 6.04 Å². The highest BCUT2D eigenvalue weighted by Gasteiger charge is 2.34. The lowest BCUT2D eigenvalue weighted by molar-refractivity contribution is -0.122. The number of halogens is 1. The average Bonchev–Trinajstić information content (AvgIpc) is 2.78. The number of carbonyl (C=O) groups excluding carboxylic acids is 2. The number of para-hydroxylation sites is 1. The van der Waals surface area contributed by atoms with E-state index in [1.165, 1.54) is 6.42 Å². The summed E-state index contributed by atoms with van der Waals surface area (Å²) in [6.07, 6.45) is 6.29. The van der Waals surface area contributed by atoms with Crippen LogP contribution in [0.1, 0.15) is 48.9 Å². The number of hydrogen-bond donors (Lipinski definition) is 1. The molecular formula is C24H26IN3O2. The molecule has 1 N–H and O–H groups in total. The molecule has 2 aromatic carbocycles. The van der Waals surface area contributed by atoms with Gasteiger partial charge in [-0.15, -0.1) is 0 Å². The first-order valence-electron chi connectivity index (χ1n) is 10.4. The van der Waals surface area contributed by atoms with Crippen LogP contribution in [0.25, 0.3) is 0 Å². The summed E-state index contributed by atoms with van der Waals surface area (Å²) in [5, 5.41) is 11.6. The van der Waals surface area contributed by atoms with Crippen LogP contribution in [0, 0.1) is 20.8 Å². The molecular weight excluding hydrogens is 489 g/mol. The van der Waals surface area contributed by atoms with Crippen molar-refractivity contribution in [2.24, 2.45) is 5.92 Å². The SMILES string of the molecule is N#CCNC(=O)[C@H](CC1CCCCC1)N(C(=O)c1ccccc1I)c1ccccc1. The second-order valence-corrected chi connectivity index (χ2v) is 8.78. The zero-order valence-corrected chi connectivity index (χ0v) is 19.0. The maximum atomic E-state index is 13.7. The quantitative estimate of drug-likeness (QED) is 0.421. The van der Waals surface area contributed by atoms with Gasteiger partial charge in [0.25, 0.3) is 5.91 Å². The number of nitrogens with zero attached hydrogens (tertiary/aromatic N) is 2. The zero-order chi connectivity index (χ0) is 21.3. The summed E-state index contributed by atoms with van der Waals surface area (Å²) in [6, 6.07) is 18.1. The molecule has 6 heteroatoms. The lowest BCUT2D eigenvalue weighted by atomic mass is 9.84. The number of rotatable bonds is 7. The van der Waals surface area contributed by atoms with E-state index in [0.717, 1.165) is 29.3 Å². The average molecular weight is 515 g/mol. The van der Waals surface area contributed by atoms with Gasteiger partial charge in [-0.1, -0.05) is 62.4 Å². The van der Waals surface area contributed by atoms with Gasteiger partial charge in [-0.3, -0.25) is 14.5 Å². The topological polar surface area (TPSA) is 73.2 Å². The summed E-state index contributed by atoms with van der Waals surface area (Å²) in [4.78, 5) is 28.5. The lowest BCUT2D eigenvalue weighted by Gasteiger charge is -2.34. The van der Waals surface area contributed by atoms with Crippen molar-refractivity contribution in [3.05, 3.63) is 63.7 Å². The van der Waals surface area contributed by atoms with E-state index in [1.807, 2.05) is 54.6 Å². The number of nitriles is 1. The van der Waals surface area contributed by atoms with Gasteiger partial charge in [-0.2, -0.15) is 5.26 Å². The van der Waals surface area contributed by atoms with Crippen LogP contribution >= 0.6 is 22.6 Å². The van der Waals surface area contributed by atoms with Crippen molar-refractivity contribution in [3.8, 4) is 6.07 Å². The minimum Gasteiger partial charge on any atom is -0.341 e. The van der Waals surface area contributed by atoms with Crippen LogP contribution in [-0.2, 0) is 4.79 Å². The van der Waals surface area contributed by atoms with Gasteiger partial charge in [0.2, 0.25) is 5.91 Å². The molecule has 0 bridgehead atoms. The molecule has 0 saturated heterocycles. The normalized spacial score (nSPS) is 15.1. The smallest absolute Gasteiger partial charge is 0.260 e. The summed E-state index contributed by atoms with van der Waals surface area (Å²) in [5.41, 5.74) is 1.26. The molecule has 1 aliphatic carbocycles. The molecule has 5 nitrogen and oxygen atoms in total. The third-order valence-corrected chi connectivity index (χ3v) is 6.54. The molecule has 2 amide bonds. The van der Waals surface area contributed by atoms with Gasteiger partial charge in [0, 0.05) is 9.26 Å². The first-order chi connectivity index (χ1) is 14.6. The zero-order valence-electron chi connectivity index (χ0n) is 16.9. The minimum atomic E-state index is -0.660. The molecule has 0 aliphatic heterocycles. The molecule has 3 rings (SSSR count). The number of carbonyl (C=O) groups is 2. The third kappa shape index (κ3) is 5.60. The molecule has 0 unspecified atom stereocenters. The first kappa shape index (κ1) is 22.3. The van der Waals surface area contributed by atoms with Gasteiger partial charge in [0.15, 0.2) is 0 Å². The first-order valence-corrected chi connectivity index (χ1v) is 11.5. The maximum Gasteiger partial charge on any atom is 0.260 e. The molecule has 156 valence electrons. The molecule has 1 saturated carbocycles. The summed E-state index contributed by atoms with van der Waals surface area (Å²) in [5.74, 6) is -0.0742. The van der Waals surface area contributed by atoms with E-state index in [-0.39, 0.29) is 18.4 Å². The molecule has 30 heavy (non-hydrogen) atoms. The van der Waals surface area contributed by atoms with Gasteiger partial charge >= 0.3 is 0 Å². The molecule has 0 heterocycles. The maximum absolute atomic E-state index is 13.7. The van der Waals surface area contributed by atoms with Crippen LogP contribution in [0.5, 0.6) is 0 Å². The number of benzene rings is 2. The Balaban J connectivity index is 2.01. The number of nitrogens with one attached hydrogen (secondary N) is 1. The summed E-state index contributed by atoms with van der Waals surface area (Å²) in [7, 11) is 0. The molecule has 0 radical (unpaired) electrons. The second-order valence-electron chi connectivity index (χ2n) is 7.62. The Kier molecular flexibility index (Phi) is 8.26. The highest BCUT2D eigenvalue weighted by molar-refractivity contribution is 14.1. The Morgan fingerprint density at radius 1 is 1.07 bits per heavy atom. The Bertz CT molecular complexity index is 904. The minimum absolute atomic E-state index is 0.0698. The number of amides is 2. The van der Waals surface area contributed by atoms with Gasteiger partial charge in [0.05, 0.1) is 11.6 Å². The molecule has 1 fully saturated rings. The van der Waals surface area contributed by atoms with Crippen molar-refractivity contribution in [1.82, 2.24) is 5.32 Å².